The molecule has 0 radical (unpaired) electrons. The number of hydrogen-bond acceptors (Lipinski definition) is 6. The fourth-order valence-electron chi connectivity index (χ4n) is 2.45. The van der Waals surface area contributed by atoms with Crippen molar-refractivity contribution in [3.8, 4) is 5.75 Å². The van der Waals surface area contributed by atoms with Crippen molar-refractivity contribution >= 4 is 17.7 Å². The molecule has 0 bridgehead atoms. The molecule has 0 saturated carbocycles. The normalized spacial score (nSPS) is 14.0. The van der Waals surface area contributed by atoms with Gasteiger partial charge in [-0.05, 0) is 18.2 Å². The number of morpholine rings is 1. The van der Waals surface area contributed by atoms with Gasteiger partial charge in [-0.2, -0.15) is 0 Å². The number of anilines is 2. The third-order valence-electron chi connectivity index (χ3n) is 3.75. The van der Waals surface area contributed by atoms with Gasteiger partial charge in [0.2, 0.25) is 5.95 Å². The predicted octanol–water partition coefficient (Wildman–Crippen LogP) is 1.64. The number of amides is 2. The minimum Gasteiger partial charge on any atom is -0.497 e. The first kappa shape index (κ1) is 17.0. The van der Waals surface area contributed by atoms with Gasteiger partial charge in [0.25, 0.3) is 0 Å². The molecule has 8 heteroatoms. The lowest BCUT2D eigenvalue weighted by Gasteiger charge is -2.26. The van der Waals surface area contributed by atoms with E-state index in [2.05, 4.69) is 25.5 Å². The molecule has 1 aliphatic rings. The Morgan fingerprint density at radius 1 is 1.32 bits per heavy atom. The molecule has 1 aromatic carbocycles. The van der Waals surface area contributed by atoms with Crippen molar-refractivity contribution in [2.75, 3.05) is 43.6 Å². The van der Waals surface area contributed by atoms with E-state index in [1.807, 2.05) is 12.1 Å². The quantitative estimate of drug-likeness (QED) is 0.858. The lowest BCUT2D eigenvalue weighted by molar-refractivity contribution is 0.122. The van der Waals surface area contributed by atoms with Crippen LogP contribution in [-0.4, -0.2) is 49.4 Å². The molecule has 2 heterocycles. The largest absolute Gasteiger partial charge is 0.497 e. The lowest BCUT2D eigenvalue weighted by Crippen LogP contribution is -2.37. The molecule has 1 aromatic heterocycles. The Kier molecular flexibility index (Phi) is 5.63. The van der Waals surface area contributed by atoms with Crippen molar-refractivity contribution in [1.82, 2.24) is 15.3 Å². The maximum atomic E-state index is 12.0. The highest BCUT2D eigenvalue weighted by atomic mass is 16.5. The molecule has 25 heavy (non-hydrogen) atoms. The first-order valence-corrected chi connectivity index (χ1v) is 8.08. The zero-order valence-electron chi connectivity index (χ0n) is 14.1. The number of carbonyl (C=O) groups excluding carboxylic acids is 1. The van der Waals surface area contributed by atoms with E-state index < -0.39 is 0 Å². The van der Waals surface area contributed by atoms with Gasteiger partial charge in [-0.15, -0.1) is 0 Å². The van der Waals surface area contributed by atoms with Gasteiger partial charge >= 0.3 is 6.03 Å². The maximum Gasteiger partial charge on any atom is 0.319 e. The smallest absolute Gasteiger partial charge is 0.319 e. The second kappa shape index (κ2) is 8.29. The topological polar surface area (TPSA) is 88.6 Å². The summed E-state index contributed by atoms with van der Waals surface area (Å²) in [6.45, 7) is 3.21. The Morgan fingerprint density at radius 3 is 2.96 bits per heavy atom. The molecule has 1 fully saturated rings. The standard InChI is InChI=1S/C17H21N5O3/c1-24-15-4-2-3-13(11-15)21-17(23)19-12-14-5-6-18-16(20-14)22-7-9-25-10-8-22/h2-6,11H,7-10,12H2,1H3,(H2,19,21,23). The van der Waals surface area contributed by atoms with Crippen LogP contribution in [0, 0.1) is 0 Å². The van der Waals surface area contributed by atoms with E-state index in [1.165, 1.54) is 0 Å². The van der Waals surface area contributed by atoms with Crippen LogP contribution in [0.2, 0.25) is 0 Å². The number of benzene rings is 1. The average Bonchev–Trinajstić information content (AvgIpc) is 2.67. The molecular formula is C17H21N5O3. The molecule has 1 saturated heterocycles. The third kappa shape index (κ3) is 4.80. The highest BCUT2D eigenvalue weighted by molar-refractivity contribution is 5.89. The molecule has 2 N–H and O–H groups in total. The minimum atomic E-state index is -0.306. The highest BCUT2D eigenvalue weighted by Gasteiger charge is 2.14. The van der Waals surface area contributed by atoms with Crippen LogP contribution >= 0.6 is 0 Å². The van der Waals surface area contributed by atoms with Crippen LogP contribution in [0.3, 0.4) is 0 Å². The number of nitrogens with one attached hydrogen (secondary N) is 2. The summed E-state index contributed by atoms with van der Waals surface area (Å²) in [5.74, 6) is 1.35. The fourth-order valence-corrected chi connectivity index (χ4v) is 2.45. The van der Waals surface area contributed by atoms with Gasteiger partial charge in [0, 0.05) is 31.0 Å². The van der Waals surface area contributed by atoms with E-state index in [9.17, 15) is 4.79 Å². The van der Waals surface area contributed by atoms with Gasteiger partial charge < -0.3 is 25.0 Å². The van der Waals surface area contributed by atoms with Crippen LogP contribution in [0.4, 0.5) is 16.4 Å². The summed E-state index contributed by atoms with van der Waals surface area (Å²) in [5.41, 5.74) is 1.41. The van der Waals surface area contributed by atoms with Gasteiger partial charge in [0.05, 0.1) is 32.6 Å². The molecule has 0 unspecified atom stereocenters. The van der Waals surface area contributed by atoms with Crippen LogP contribution in [0.25, 0.3) is 0 Å². The van der Waals surface area contributed by atoms with E-state index in [-0.39, 0.29) is 6.03 Å². The van der Waals surface area contributed by atoms with Crippen molar-refractivity contribution < 1.29 is 14.3 Å². The van der Waals surface area contributed by atoms with Gasteiger partial charge in [-0.1, -0.05) is 6.07 Å². The Balaban J connectivity index is 1.54. The first-order chi connectivity index (χ1) is 12.2. The van der Waals surface area contributed by atoms with Crippen molar-refractivity contribution in [2.24, 2.45) is 0 Å². The van der Waals surface area contributed by atoms with Gasteiger partial charge in [0.1, 0.15) is 5.75 Å². The second-order valence-corrected chi connectivity index (χ2v) is 5.49. The fraction of sp³-hybridized carbons (Fsp3) is 0.353. The van der Waals surface area contributed by atoms with Crippen molar-refractivity contribution in [3.05, 3.63) is 42.2 Å². The van der Waals surface area contributed by atoms with Gasteiger partial charge in [-0.3, -0.25) is 0 Å². The molecule has 2 aromatic rings. The molecule has 132 valence electrons. The van der Waals surface area contributed by atoms with Crippen LogP contribution in [-0.2, 0) is 11.3 Å². The Labute approximate surface area is 146 Å². The summed E-state index contributed by atoms with van der Waals surface area (Å²) < 4.78 is 10.5. The van der Waals surface area contributed by atoms with Crippen LogP contribution in [0.15, 0.2) is 36.5 Å². The Bertz CT molecular complexity index is 719. The molecule has 1 aliphatic heterocycles. The zero-order valence-corrected chi connectivity index (χ0v) is 14.1. The Morgan fingerprint density at radius 2 is 2.16 bits per heavy atom. The van der Waals surface area contributed by atoms with Gasteiger partial charge in [0.15, 0.2) is 0 Å². The van der Waals surface area contributed by atoms with Crippen LogP contribution < -0.4 is 20.3 Å². The minimum absolute atomic E-state index is 0.306. The summed E-state index contributed by atoms with van der Waals surface area (Å²) in [5, 5.41) is 5.56. The lowest BCUT2D eigenvalue weighted by atomic mass is 10.3. The monoisotopic (exact) mass is 343 g/mol. The molecule has 8 nitrogen and oxygen atoms in total. The summed E-state index contributed by atoms with van der Waals surface area (Å²) in [6.07, 6.45) is 1.70. The summed E-state index contributed by atoms with van der Waals surface area (Å²) in [6, 6.07) is 8.66. The summed E-state index contributed by atoms with van der Waals surface area (Å²) in [4.78, 5) is 22.9. The van der Waals surface area contributed by atoms with Crippen molar-refractivity contribution in [2.45, 2.75) is 6.54 Å². The predicted molar refractivity (Wildman–Crippen MR) is 93.9 cm³/mol. The average molecular weight is 343 g/mol. The summed E-state index contributed by atoms with van der Waals surface area (Å²) in [7, 11) is 1.58. The Hall–Kier alpha value is -2.87. The van der Waals surface area contributed by atoms with Gasteiger partial charge in [-0.25, -0.2) is 14.8 Å². The van der Waals surface area contributed by atoms with E-state index in [1.54, 1.807) is 31.5 Å². The number of hydrogen-bond donors (Lipinski definition) is 2. The number of rotatable bonds is 5. The molecule has 3 rings (SSSR count). The summed E-state index contributed by atoms with van der Waals surface area (Å²) >= 11 is 0. The van der Waals surface area contributed by atoms with E-state index in [4.69, 9.17) is 9.47 Å². The molecule has 2 amide bonds. The molecule has 0 aliphatic carbocycles. The molecular weight excluding hydrogens is 322 g/mol. The number of methoxy groups -OCH3 is 1. The first-order valence-electron chi connectivity index (χ1n) is 8.08. The van der Waals surface area contributed by atoms with E-state index in [0.29, 0.717) is 37.1 Å². The number of carbonyl (C=O) groups is 1. The zero-order chi connectivity index (χ0) is 17.5. The highest BCUT2D eigenvalue weighted by Crippen LogP contribution is 2.16. The second-order valence-electron chi connectivity index (χ2n) is 5.49. The van der Waals surface area contributed by atoms with Crippen LogP contribution in [0.1, 0.15) is 5.69 Å². The molecule has 0 atom stereocenters. The van der Waals surface area contributed by atoms with E-state index in [0.717, 1.165) is 18.8 Å². The number of urea groups is 1. The van der Waals surface area contributed by atoms with E-state index >= 15 is 0 Å². The maximum absolute atomic E-state index is 12.0. The van der Waals surface area contributed by atoms with Crippen molar-refractivity contribution in [1.29, 1.82) is 0 Å². The van der Waals surface area contributed by atoms with Crippen molar-refractivity contribution in [3.63, 3.8) is 0 Å². The third-order valence-corrected chi connectivity index (χ3v) is 3.75. The number of nitrogens with zero attached hydrogens (tertiary/aromatic N) is 3. The van der Waals surface area contributed by atoms with Crippen LogP contribution in [0.5, 0.6) is 5.75 Å². The number of aromatic nitrogens is 2. The SMILES string of the molecule is COc1cccc(NC(=O)NCc2ccnc(N3CCOCC3)n2)c1. The molecule has 0 spiro atoms. The number of ether oxygens (including phenoxy) is 2.